The average Bonchev–Trinajstić information content (AvgIpc) is 2.57. The number of aryl methyl sites for hydroxylation is 2. The molecule has 7 heteroatoms. The third-order valence-corrected chi connectivity index (χ3v) is 4.40. The first-order chi connectivity index (χ1) is 11.9. The molecular weight excluding hydrogens is 324 g/mol. The summed E-state index contributed by atoms with van der Waals surface area (Å²) >= 11 is 0. The van der Waals surface area contributed by atoms with Gasteiger partial charge in [-0.25, -0.2) is 4.79 Å². The minimum absolute atomic E-state index is 0.0454. The van der Waals surface area contributed by atoms with Crippen LogP contribution in [-0.4, -0.2) is 43.0 Å². The molecule has 1 saturated heterocycles. The third kappa shape index (κ3) is 3.35. The Morgan fingerprint density at radius 1 is 1.24 bits per heavy atom. The number of hydrogen-bond acceptors (Lipinski definition) is 5. The highest BCUT2D eigenvalue weighted by Gasteiger charge is 2.22. The molecular formula is C18H20N2O5. The fourth-order valence-corrected chi connectivity index (χ4v) is 2.88. The Kier molecular flexibility index (Phi) is 4.48. The van der Waals surface area contributed by atoms with Crippen molar-refractivity contribution < 1.29 is 18.7 Å². The van der Waals surface area contributed by atoms with E-state index in [9.17, 15) is 14.4 Å². The lowest BCUT2D eigenvalue weighted by molar-refractivity contribution is -0.139. The molecule has 132 valence electrons. The summed E-state index contributed by atoms with van der Waals surface area (Å²) in [4.78, 5) is 37.0. The molecule has 25 heavy (non-hydrogen) atoms. The molecule has 0 aliphatic carbocycles. The highest BCUT2D eigenvalue weighted by molar-refractivity contribution is 5.89. The zero-order chi connectivity index (χ0) is 18.1. The van der Waals surface area contributed by atoms with Crippen LogP contribution in [0.1, 0.15) is 16.7 Å². The Morgan fingerprint density at radius 3 is 2.72 bits per heavy atom. The van der Waals surface area contributed by atoms with Crippen LogP contribution < -0.4 is 15.7 Å². The van der Waals surface area contributed by atoms with Gasteiger partial charge < -0.3 is 19.4 Å². The van der Waals surface area contributed by atoms with Gasteiger partial charge >= 0.3 is 5.63 Å². The molecule has 0 unspecified atom stereocenters. The minimum atomic E-state index is -0.378. The smallest absolute Gasteiger partial charge is 0.339 e. The van der Waals surface area contributed by atoms with Crippen LogP contribution in [0.15, 0.2) is 21.3 Å². The van der Waals surface area contributed by atoms with Crippen LogP contribution in [0.4, 0.5) is 0 Å². The van der Waals surface area contributed by atoms with E-state index in [2.05, 4.69) is 5.32 Å². The zero-order valence-corrected chi connectivity index (χ0v) is 14.5. The highest BCUT2D eigenvalue weighted by Crippen LogP contribution is 2.30. The summed E-state index contributed by atoms with van der Waals surface area (Å²) in [6.45, 7) is 6.16. The van der Waals surface area contributed by atoms with E-state index in [0.29, 0.717) is 35.4 Å². The van der Waals surface area contributed by atoms with Crippen LogP contribution in [-0.2, 0) is 9.59 Å². The Labute approximate surface area is 144 Å². The molecule has 1 aliphatic heterocycles. The second-order valence-electron chi connectivity index (χ2n) is 6.23. The summed E-state index contributed by atoms with van der Waals surface area (Å²) in [6, 6.07) is 3.58. The molecule has 0 atom stereocenters. The van der Waals surface area contributed by atoms with Crippen molar-refractivity contribution >= 4 is 22.8 Å². The normalized spacial score (nSPS) is 14.5. The molecule has 0 radical (unpaired) electrons. The summed E-state index contributed by atoms with van der Waals surface area (Å²) in [6.07, 6.45) is 0. The number of nitrogens with zero attached hydrogens (tertiary/aromatic N) is 1. The monoisotopic (exact) mass is 344 g/mol. The topological polar surface area (TPSA) is 88.9 Å². The first-order valence-corrected chi connectivity index (χ1v) is 8.08. The molecule has 0 spiro atoms. The van der Waals surface area contributed by atoms with E-state index >= 15 is 0 Å². The van der Waals surface area contributed by atoms with Gasteiger partial charge in [0.1, 0.15) is 11.3 Å². The van der Waals surface area contributed by atoms with E-state index in [-0.39, 0.29) is 30.6 Å². The van der Waals surface area contributed by atoms with Crippen molar-refractivity contribution in [1.82, 2.24) is 10.2 Å². The Balaban J connectivity index is 1.88. The molecule has 2 heterocycles. The van der Waals surface area contributed by atoms with Crippen LogP contribution in [0.2, 0.25) is 0 Å². The summed E-state index contributed by atoms with van der Waals surface area (Å²) in [5.41, 5.74) is 2.20. The maximum atomic E-state index is 12.3. The molecule has 1 aromatic heterocycles. The Morgan fingerprint density at radius 2 is 2.00 bits per heavy atom. The molecule has 7 nitrogen and oxygen atoms in total. The standard InChI is InChI=1S/C18H20N2O5/c1-10-6-13(17-11(2)12(3)18(23)25-14(17)7-10)24-9-16(22)20-5-4-19-15(21)8-20/h6-7H,4-5,8-9H2,1-3H3,(H,19,21). The van der Waals surface area contributed by atoms with E-state index in [0.717, 1.165) is 11.1 Å². The van der Waals surface area contributed by atoms with Gasteiger partial charge in [0.15, 0.2) is 6.61 Å². The third-order valence-electron chi connectivity index (χ3n) is 4.40. The van der Waals surface area contributed by atoms with Crippen molar-refractivity contribution in [2.45, 2.75) is 20.8 Å². The number of rotatable bonds is 3. The second-order valence-corrected chi connectivity index (χ2v) is 6.23. The number of carbonyl (C=O) groups excluding carboxylic acids is 2. The number of fused-ring (bicyclic) bond motifs is 1. The van der Waals surface area contributed by atoms with Crippen LogP contribution >= 0.6 is 0 Å². The number of ether oxygens (including phenoxy) is 1. The molecule has 0 saturated carbocycles. The molecule has 3 rings (SSSR count). The van der Waals surface area contributed by atoms with E-state index in [1.807, 2.05) is 19.9 Å². The first kappa shape index (κ1) is 17.0. The zero-order valence-electron chi connectivity index (χ0n) is 14.5. The van der Waals surface area contributed by atoms with Crippen molar-refractivity contribution in [2.75, 3.05) is 26.2 Å². The first-order valence-electron chi connectivity index (χ1n) is 8.08. The summed E-state index contributed by atoms with van der Waals surface area (Å²) in [7, 11) is 0. The number of nitrogens with one attached hydrogen (secondary N) is 1. The van der Waals surface area contributed by atoms with E-state index in [1.54, 1.807) is 13.0 Å². The maximum absolute atomic E-state index is 12.3. The summed E-state index contributed by atoms with van der Waals surface area (Å²) in [5, 5.41) is 3.36. The van der Waals surface area contributed by atoms with Gasteiger partial charge in [0.05, 0.1) is 11.9 Å². The van der Waals surface area contributed by atoms with Gasteiger partial charge in [-0.15, -0.1) is 0 Å². The molecule has 1 fully saturated rings. The lowest BCUT2D eigenvalue weighted by atomic mass is 10.0. The Hall–Kier alpha value is -2.83. The largest absolute Gasteiger partial charge is 0.483 e. The van der Waals surface area contributed by atoms with Crippen LogP contribution in [0.5, 0.6) is 5.75 Å². The van der Waals surface area contributed by atoms with Crippen LogP contribution in [0.25, 0.3) is 11.0 Å². The van der Waals surface area contributed by atoms with Gasteiger partial charge in [0.2, 0.25) is 5.91 Å². The van der Waals surface area contributed by atoms with Crippen molar-refractivity contribution in [3.05, 3.63) is 39.2 Å². The predicted molar refractivity (Wildman–Crippen MR) is 91.8 cm³/mol. The predicted octanol–water partition coefficient (Wildman–Crippen LogP) is 1.06. The number of carbonyl (C=O) groups is 2. The molecule has 2 aromatic rings. The lowest BCUT2D eigenvalue weighted by Gasteiger charge is -2.26. The van der Waals surface area contributed by atoms with E-state index < -0.39 is 0 Å². The SMILES string of the molecule is Cc1cc(OCC(=O)N2CCNC(=O)C2)c2c(C)c(C)c(=O)oc2c1. The highest BCUT2D eigenvalue weighted by atomic mass is 16.5. The Bertz CT molecular complexity index is 916. The number of piperazine rings is 1. The van der Waals surface area contributed by atoms with Gasteiger partial charge in [-0.05, 0) is 44.0 Å². The van der Waals surface area contributed by atoms with Gasteiger partial charge in [-0.3, -0.25) is 9.59 Å². The van der Waals surface area contributed by atoms with Gasteiger partial charge in [-0.1, -0.05) is 0 Å². The number of hydrogen-bond donors (Lipinski definition) is 1. The van der Waals surface area contributed by atoms with E-state index in [1.165, 1.54) is 4.90 Å². The summed E-state index contributed by atoms with van der Waals surface area (Å²) in [5.74, 6) is 0.0688. The molecule has 1 aliphatic rings. The summed E-state index contributed by atoms with van der Waals surface area (Å²) < 4.78 is 11.1. The molecule has 1 N–H and O–H groups in total. The van der Waals surface area contributed by atoms with Crippen molar-refractivity contribution in [3.63, 3.8) is 0 Å². The van der Waals surface area contributed by atoms with Crippen molar-refractivity contribution in [1.29, 1.82) is 0 Å². The van der Waals surface area contributed by atoms with Gasteiger partial charge in [0, 0.05) is 18.7 Å². The quantitative estimate of drug-likeness (QED) is 0.841. The fourth-order valence-electron chi connectivity index (χ4n) is 2.88. The van der Waals surface area contributed by atoms with Crippen LogP contribution in [0, 0.1) is 20.8 Å². The molecule has 1 aromatic carbocycles. The number of benzene rings is 1. The maximum Gasteiger partial charge on any atom is 0.339 e. The van der Waals surface area contributed by atoms with Crippen LogP contribution in [0.3, 0.4) is 0 Å². The minimum Gasteiger partial charge on any atom is -0.483 e. The number of amides is 2. The lowest BCUT2D eigenvalue weighted by Crippen LogP contribution is -2.51. The van der Waals surface area contributed by atoms with E-state index in [4.69, 9.17) is 9.15 Å². The molecule has 0 bridgehead atoms. The average molecular weight is 344 g/mol. The van der Waals surface area contributed by atoms with Gasteiger partial charge in [0.25, 0.3) is 5.91 Å². The van der Waals surface area contributed by atoms with Crippen molar-refractivity contribution in [3.8, 4) is 5.75 Å². The second kappa shape index (κ2) is 6.58. The molecule has 2 amide bonds. The fraction of sp³-hybridized carbons (Fsp3) is 0.389. The van der Waals surface area contributed by atoms with Crippen molar-refractivity contribution in [2.24, 2.45) is 0 Å². The van der Waals surface area contributed by atoms with Gasteiger partial charge in [-0.2, -0.15) is 0 Å².